The summed E-state index contributed by atoms with van der Waals surface area (Å²) in [6.07, 6.45) is 1.74. The maximum Gasteiger partial charge on any atom is 0.412 e. The lowest BCUT2D eigenvalue weighted by atomic mass is 10.00. The molecule has 0 aliphatic rings. The number of halogens is 1. The molecule has 9 nitrogen and oxygen atoms in total. The number of rotatable bonds is 12. The minimum absolute atomic E-state index is 0.0999. The molecule has 0 heterocycles. The highest BCUT2D eigenvalue weighted by atomic mass is 79.9. The molecule has 0 aliphatic heterocycles. The summed E-state index contributed by atoms with van der Waals surface area (Å²) in [5.74, 6) is -0.0677. The first-order valence-corrected chi connectivity index (χ1v) is 11.0. The second-order valence-corrected chi connectivity index (χ2v) is 7.74. The second kappa shape index (κ2) is 14.3. The first-order chi connectivity index (χ1) is 16.0. The van der Waals surface area contributed by atoms with Crippen LogP contribution in [0.5, 0.6) is 5.75 Å². The molecule has 0 aliphatic carbocycles. The predicted octanol–water partition coefficient (Wildman–Crippen LogP) is 3.97. The van der Waals surface area contributed by atoms with Crippen molar-refractivity contribution >= 4 is 33.6 Å². The number of benzene rings is 2. The molecule has 0 fully saturated rings. The van der Waals surface area contributed by atoms with Crippen LogP contribution in [0.25, 0.3) is 0 Å². The lowest BCUT2D eigenvalue weighted by Crippen LogP contribution is -2.28. The molecule has 0 radical (unpaired) electrons. The van der Waals surface area contributed by atoms with Crippen LogP contribution in [-0.2, 0) is 14.3 Å². The summed E-state index contributed by atoms with van der Waals surface area (Å²) in [7, 11) is 1.51. The van der Waals surface area contributed by atoms with E-state index in [1.54, 1.807) is 54.6 Å². The van der Waals surface area contributed by atoms with E-state index in [0.717, 1.165) is 4.47 Å². The zero-order valence-electron chi connectivity index (χ0n) is 18.1. The van der Waals surface area contributed by atoms with Gasteiger partial charge in [-0.05, 0) is 54.8 Å². The largest absolute Gasteiger partial charge is 0.491 e. The smallest absolute Gasteiger partial charge is 0.412 e. The molecule has 2 aromatic carbocycles. The van der Waals surface area contributed by atoms with Gasteiger partial charge in [0.1, 0.15) is 12.4 Å². The number of carbonyl (C=O) groups excluding carboxylic acids is 2. The van der Waals surface area contributed by atoms with Crippen LogP contribution in [0.15, 0.2) is 65.2 Å². The van der Waals surface area contributed by atoms with Crippen molar-refractivity contribution in [2.45, 2.75) is 25.0 Å². The summed E-state index contributed by atoms with van der Waals surface area (Å²) in [5.41, 5.74) is 2.78. The molecule has 178 valence electrons. The van der Waals surface area contributed by atoms with Crippen molar-refractivity contribution in [1.29, 1.82) is 0 Å². The Bertz CT molecular complexity index is 904. The molecule has 0 saturated heterocycles. The van der Waals surface area contributed by atoms with E-state index in [4.69, 9.17) is 24.5 Å². The molecule has 33 heavy (non-hydrogen) atoms. The normalized spacial score (nSPS) is 12.7. The number of amides is 2. The molecule has 0 bridgehead atoms. The van der Waals surface area contributed by atoms with Crippen molar-refractivity contribution in [2.24, 2.45) is 0 Å². The van der Waals surface area contributed by atoms with Gasteiger partial charge < -0.3 is 19.3 Å². The number of hydrogen-bond donors (Lipinski definition) is 4. The maximum atomic E-state index is 12.6. The Kier molecular flexibility index (Phi) is 11.4. The first kappa shape index (κ1) is 26.3. The number of hydroxylamine groups is 1. The summed E-state index contributed by atoms with van der Waals surface area (Å²) in [6.45, 7) is 0.0700. The van der Waals surface area contributed by atoms with Gasteiger partial charge >= 0.3 is 6.09 Å². The van der Waals surface area contributed by atoms with Crippen LogP contribution < -0.4 is 15.5 Å². The van der Waals surface area contributed by atoms with Crippen LogP contribution >= 0.6 is 15.9 Å². The average Bonchev–Trinajstić information content (AvgIpc) is 2.83. The summed E-state index contributed by atoms with van der Waals surface area (Å²) < 4.78 is 17.6. The van der Waals surface area contributed by atoms with Gasteiger partial charge in [-0.2, -0.15) is 0 Å². The van der Waals surface area contributed by atoms with E-state index in [1.165, 1.54) is 18.7 Å². The van der Waals surface area contributed by atoms with E-state index in [-0.39, 0.29) is 13.2 Å². The highest BCUT2D eigenvalue weighted by Gasteiger charge is 2.27. The minimum Gasteiger partial charge on any atom is -0.491 e. The minimum atomic E-state index is -0.752. The topological polar surface area (TPSA) is 126 Å². The number of anilines is 1. The quantitative estimate of drug-likeness (QED) is 0.188. The fourth-order valence-corrected chi connectivity index (χ4v) is 3.22. The van der Waals surface area contributed by atoms with Crippen LogP contribution in [0.4, 0.5) is 10.5 Å². The second-order valence-electron chi connectivity index (χ2n) is 6.83. The number of aliphatic hydroxyl groups excluding tert-OH is 1. The highest BCUT2D eigenvalue weighted by Crippen LogP contribution is 2.29. The molecule has 2 rings (SSSR count). The standard InChI is InChI=1S/C23H27BrN2O7/c1-31-20(4-2-3-5-21(28)26-30)22(16-6-12-19(13-7-16)32-15-14-27)33-23(29)25-18-10-8-17(24)9-11-18/h3,5-13,20,22,27,30H,2,4,14-15H2,1H3,(H,25,29)(H,26,28)/b5-3+/t20-,22-/m0/s1. The third-order valence-electron chi connectivity index (χ3n) is 4.53. The molecular weight excluding hydrogens is 496 g/mol. The molecule has 2 aromatic rings. The van der Waals surface area contributed by atoms with Crippen molar-refractivity contribution in [3.63, 3.8) is 0 Å². The molecule has 0 aromatic heterocycles. The van der Waals surface area contributed by atoms with Gasteiger partial charge in [-0.15, -0.1) is 0 Å². The SMILES string of the molecule is CO[C@@H](CC/C=C/C(=O)NO)[C@@H](OC(=O)Nc1ccc(Br)cc1)c1ccc(OCCO)cc1. The summed E-state index contributed by atoms with van der Waals surface area (Å²) in [4.78, 5) is 23.8. The summed E-state index contributed by atoms with van der Waals surface area (Å²) >= 11 is 3.35. The third kappa shape index (κ3) is 9.22. The molecule has 0 saturated carbocycles. The highest BCUT2D eigenvalue weighted by molar-refractivity contribution is 9.10. The van der Waals surface area contributed by atoms with Crippen molar-refractivity contribution < 1.29 is 34.1 Å². The van der Waals surface area contributed by atoms with E-state index in [9.17, 15) is 9.59 Å². The van der Waals surface area contributed by atoms with Crippen LogP contribution in [0.3, 0.4) is 0 Å². The number of nitrogens with one attached hydrogen (secondary N) is 2. The van der Waals surface area contributed by atoms with Crippen molar-refractivity contribution in [1.82, 2.24) is 5.48 Å². The maximum absolute atomic E-state index is 12.6. The third-order valence-corrected chi connectivity index (χ3v) is 5.06. The van der Waals surface area contributed by atoms with Gasteiger partial charge in [-0.1, -0.05) is 34.1 Å². The Balaban J connectivity index is 2.16. The molecular formula is C23H27BrN2O7. The molecule has 0 spiro atoms. The number of allylic oxidation sites excluding steroid dienone is 1. The molecule has 4 N–H and O–H groups in total. The van der Waals surface area contributed by atoms with Crippen molar-refractivity contribution in [3.8, 4) is 5.75 Å². The molecule has 0 unspecified atom stereocenters. The fraction of sp³-hybridized carbons (Fsp3) is 0.304. The Morgan fingerprint density at radius 1 is 1.12 bits per heavy atom. The monoisotopic (exact) mass is 522 g/mol. The van der Waals surface area contributed by atoms with Crippen molar-refractivity contribution in [3.05, 3.63) is 70.7 Å². The van der Waals surface area contributed by atoms with Crippen LogP contribution in [-0.4, -0.2) is 48.7 Å². The first-order valence-electron chi connectivity index (χ1n) is 10.2. The Morgan fingerprint density at radius 3 is 2.42 bits per heavy atom. The average molecular weight is 523 g/mol. The number of carbonyl (C=O) groups is 2. The van der Waals surface area contributed by atoms with Gasteiger partial charge in [0.25, 0.3) is 5.91 Å². The zero-order valence-corrected chi connectivity index (χ0v) is 19.7. The summed E-state index contributed by atoms with van der Waals surface area (Å²) in [6, 6.07) is 14.0. The van der Waals surface area contributed by atoms with Gasteiger partial charge in [-0.25, -0.2) is 10.3 Å². The van der Waals surface area contributed by atoms with E-state index in [0.29, 0.717) is 29.8 Å². The lowest BCUT2D eigenvalue weighted by Gasteiger charge is -2.26. The Hall–Kier alpha value is -2.92. The number of ether oxygens (including phenoxy) is 3. The Morgan fingerprint density at radius 2 is 1.82 bits per heavy atom. The van der Waals surface area contributed by atoms with Gasteiger partial charge in [0, 0.05) is 23.3 Å². The lowest BCUT2D eigenvalue weighted by molar-refractivity contribution is -0.124. The number of hydrogen-bond acceptors (Lipinski definition) is 7. The van der Waals surface area contributed by atoms with Gasteiger partial charge in [0.15, 0.2) is 6.10 Å². The molecule has 2 atom stereocenters. The van der Waals surface area contributed by atoms with Gasteiger partial charge in [0.05, 0.1) is 12.7 Å². The Labute approximate surface area is 200 Å². The zero-order chi connectivity index (χ0) is 24.1. The van der Waals surface area contributed by atoms with Gasteiger partial charge in [0.2, 0.25) is 0 Å². The van der Waals surface area contributed by atoms with Crippen LogP contribution in [0.2, 0.25) is 0 Å². The van der Waals surface area contributed by atoms with Crippen LogP contribution in [0.1, 0.15) is 24.5 Å². The van der Waals surface area contributed by atoms with E-state index < -0.39 is 24.2 Å². The predicted molar refractivity (Wildman–Crippen MR) is 125 cm³/mol. The van der Waals surface area contributed by atoms with Crippen LogP contribution in [0, 0.1) is 0 Å². The van der Waals surface area contributed by atoms with E-state index >= 15 is 0 Å². The fourth-order valence-electron chi connectivity index (χ4n) is 2.95. The van der Waals surface area contributed by atoms with E-state index in [1.807, 2.05) is 0 Å². The van der Waals surface area contributed by atoms with Crippen molar-refractivity contribution in [2.75, 3.05) is 25.6 Å². The number of methoxy groups -OCH3 is 1. The molecule has 10 heteroatoms. The summed E-state index contributed by atoms with van der Waals surface area (Å²) in [5, 5.41) is 20.2. The molecule has 2 amide bonds. The van der Waals surface area contributed by atoms with Gasteiger partial charge in [-0.3, -0.25) is 15.3 Å². The number of aliphatic hydroxyl groups is 1. The van der Waals surface area contributed by atoms with E-state index in [2.05, 4.69) is 21.2 Å².